The second-order valence-corrected chi connectivity index (χ2v) is 9.29. The summed E-state index contributed by atoms with van der Waals surface area (Å²) in [6, 6.07) is 13.2. The van der Waals surface area contributed by atoms with E-state index in [1.807, 2.05) is 73.7 Å². The van der Waals surface area contributed by atoms with Gasteiger partial charge in [0.2, 0.25) is 5.78 Å². The molecule has 0 aliphatic heterocycles. The fourth-order valence-electron chi connectivity index (χ4n) is 4.23. The lowest BCUT2D eigenvalue weighted by molar-refractivity contribution is -0.132. The number of hydrogen-bond acceptors (Lipinski definition) is 5. The lowest BCUT2D eigenvalue weighted by Crippen LogP contribution is -2.17. The maximum atomic E-state index is 13.6. The van der Waals surface area contributed by atoms with Crippen molar-refractivity contribution in [2.45, 2.75) is 6.92 Å². The third-order valence-corrected chi connectivity index (χ3v) is 7.20. The Morgan fingerprint density at radius 2 is 1.76 bits per heavy atom. The molecule has 0 amide bonds. The average Bonchev–Trinajstić information content (AvgIpc) is 3.20. The van der Waals surface area contributed by atoms with Crippen molar-refractivity contribution in [1.82, 2.24) is 0 Å². The molecule has 6 heteroatoms. The minimum absolute atomic E-state index is 0.0105. The summed E-state index contributed by atoms with van der Waals surface area (Å²) in [6.45, 7) is 1.92. The SMILES string of the molecule is COc1ccc2c(OC3=CC4C=CC(C(=O)O)=CC4C=C3)c(C(=O)c3ccccc3C)sc2c1. The standard InChI is InChI=1S/C28H22O5S/c1-16-5-3-4-6-22(16)25(29)27-26(23-12-11-20(32-2)15-24(23)34-27)33-21-10-9-17-13-19(28(30)31)8-7-18(17)14-21/h3-15,17-18H,1-2H3,(H,30,31). The molecule has 2 atom stereocenters. The molecule has 5 nitrogen and oxygen atoms in total. The maximum Gasteiger partial charge on any atom is 0.335 e. The van der Waals surface area contributed by atoms with Crippen LogP contribution in [0, 0.1) is 18.8 Å². The van der Waals surface area contributed by atoms with Crippen molar-refractivity contribution in [3.8, 4) is 11.5 Å². The molecule has 0 spiro atoms. The van der Waals surface area contributed by atoms with Crippen molar-refractivity contribution >= 4 is 33.2 Å². The highest BCUT2D eigenvalue weighted by Crippen LogP contribution is 2.42. The third-order valence-electron chi connectivity index (χ3n) is 6.07. The van der Waals surface area contributed by atoms with Gasteiger partial charge in [0.05, 0.1) is 12.7 Å². The van der Waals surface area contributed by atoms with E-state index in [9.17, 15) is 14.7 Å². The number of benzene rings is 2. The minimum atomic E-state index is -0.936. The van der Waals surface area contributed by atoms with Crippen molar-refractivity contribution < 1.29 is 24.2 Å². The lowest BCUT2D eigenvalue weighted by atomic mass is 9.82. The van der Waals surface area contributed by atoms with Crippen molar-refractivity contribution in [3.63, 3.8) is 0 Å². The van der Waals surface area contributed by atoms with Gasteiger partial charge in [0.15, 0.2) is 5.75 Å². The zero-order valence-electron chi connectivity index (χ0n) is 18.6. The summed E-state index contributed by atoms with van der Waals surface area (Å²) < 4.78 is 12.6. The van der Waals surface area contributed by atoms with Crippen LogP contribution in [-0.2, 0) is 4.79 Å². The number of aliphatic carboxylic acids is 1. The highest BCUT2D eigenvalue weighted by atomic mass is 32.1. The van der Waals surface area contributed by atoms with E-state index < -0.39 is 5.97 Å². The number of carboxylic acid groups (broad SMARTS) is 1. The minimum Gasteiger partial charge on any atom is -0.497 e. The molecule has 2 aliphatic rings. The van der Waals surface area contributed by atoms with Gasteiger partial charge in [0.25, 0.3) is 0 Å². The monoisotopic (exact) mass is 470 g/mol. The van der Waals surface area contributed by atoms with Gasteiger partial charge in [-0.1, -0.05) is 48.6 Å². The van der Waals surface area contributed by atoms with Crippen LogP contribution in [0.25, 0.3) is 10.1 Å². The first-order valence-corrected chi connectivity index (χ1v) is 11.7. The number of thiophene rings is 1. The predicted octanol–water partition coefficient (Wildman–Crippen LogP) is 6.10. The molecule has 0 saturated carbocycles. The Labute approximate surface area is 200 Å². The average molecular weight is 471 g/mol. The molecule has 2 aromatic carbocycles. The topological polar surface area (TPSA) is 72.8 Å². The van der Waals surface area contributed by atoms with E-state index in [2.05, 4.69) is 0 Å². The molecule has 2 unspecified atom stereocenters. The molecule has 0 fully saturated rings. The Morgan fingerprint density at radius 3 is 2.53 bits per heavy atom. The smallest absolute Gasteiger partial charge is 0.335 e. The molecular formula is C28H22O5S. The number of ketones is 1. The molecule has 1 N–H and O–H groups in total. The van der Waals surface area contributed by atoms with Crippen LogP contribution in [0.5, 0.6) is 11.5 Å². The first-order valence-electron chi connectivity index (χ1n) is 10.9. The molecule has 3 aromatic rings. The molecule has 0 radical (unpaired) electrons. The van der Waals surface area contributed by atoms with Gasteiger partial charge in [0, 0.05) is 27.5 Å². The van der Waals surface area contributed by atoms with Gasteiger partial charge < -0.3 is 14.6 Å². The number of fused-ring (bicyclic) bond motifs is 2. The van der Waals surface area contributed by atoms with Crippen LogP contribution in [0.3, 0.4) is 0 Å². The van der Waals surface area contributed by atoms with Crippen LogP contribution in [0.1, 0.15) is 20.8 Å². The van der Waals surface area contributed by atoms with E-state index in [0.717, 1.165) is 15.6 Å². The fourth-order valence-corrected chi connectivity index (χ4v) is 5.34. The molecule has 0 bridgehead atoms. The number of aryl methyl sites for hydroxylation is 1. The third kappa shape index (κ3) is 3.97. The van der Waals surface area contributed by atoms with Gasteiger partial charge in [-0.2, -0.15) is 0 Å². The van der Waals surface area contributed by atoms with E-state index in [-0.39, 0.29) is 23.2 Å². The fraction of sp³-hybridized carbons (Fsp3) is 0.143. The van der Waals surface area contributed by atoms with Crippen molar-refractivity contribution in [2.75, 3.05) is 7.11 Å². The van der Waals surface area contributed by atoms with Gasteiger partial charge in [-0.25, -0.2) is 4.79 Å². The van der Waals surface area contributed by atoms with Crippen LogP contribution in [-0.4, -0.2) is 24.0 Å². The molecule has 0 saturated heterocycles. The number of rotatable bonds is 6. The summed E-state index contributed by atoms with van der Waals surface area (Å²) in [5.74, 6) is 0.776. The summed E-state index contributed by atoms with van der Waals surface area (Å²) in [4.78, 5) is 25.4. The quantitative estimate of drug-likeness (QED) is 0.441. The van der Waals surface area contributed by atoms with Crippen LogP contribution in [0.2, 0.25) is 0 Å². The van der Waals surface area contributed by atoms with Gasteiger partial charge >= 0.3 is 5.97 Å². The zero-order chi connectivity index (χ0) is 23.8. The molecule has 2 aliphatic carbocycles. The number of allylic oxidation sites excluding steroid dienone is 5. The predicted molar refractivity (Wildman–Crippen MR) is 133 cm³/mol. The van der Waals surface area contributed by atoms with Crippen LogP contribution < -0.4 is 9.47 Å². The zero-order valence-corrected chi connectivity index (χ0v) is 19.5. The van der Waals surface area contributed by atoms with E-state index >= 15 is 0 Å². The van der Waals surface area contributed by atoms with Gasteiger partial charge in [-0.05, 0) is 42.8 Å². The van der Waals surface area contributed by atoms with Crippen molar-refractivity contribution in [2.24, 2.45) is 11.8 Å². The van der Waals surface area contributed by atoms with Crippen molar-refractivity contribution in [3.05, 3.63) is 106 Å². The summed E-state index contributed by atoms with van der Waals surface area (Å²) in [7, 11) is 1.61. The van der Waals surface area contributed by atoms with E-state index in [1.54, 1.807) is 19.3 Å². The Balaban J connectivity index is 1.54. The van der Waals surface area contributed by atoms with Gasteiger partial charge in [-0.3, -0.25) is 4.79 Å². The summed E-state index contributed by atoms with van der Waals surface area (Å²) in [6.07, 6.45) is 11.0. The Kier molecular flexibility index (Phi) is 5.67. The van der Waals surface area contributed by atoms with Crippen LogP contribution in [0.4, 0.5) is 0 Å². The summed E-state index contributed by atoms with van der Waals surface area (Å²) in [5, 5.41) is 10.1. The van der Waals surface area contributed by atoms with E-state index in [4.69, 9.17) is 9.47 Å². The first-order chi connectivity index (χ1) is 16.4. The number of carbonyl (C=O) groups excluding carboxylic acids is 1. The number of carboxylic acids is 1. The van der Waals surface area contributed by atoms with Crippen molar-refractivity contribution in [1.29, 1.82) is 0 Å². The van der Waals surface area contributed by atoms with Crippen LogP contribution >= 0.6 is 11.3 Å². The number of hydrogen-bond donors (Lipinski definition) is 1. The highest BCUT2D eigenvalue weighted by Gasteiger charge is 2.26. The summed E-state index contributed by atoms with van der Waals surface area (Å²) >= 11 is 1.39. The molecule has 1 aromatic heterocycles. The molecule has 1 heterocycles. The van der Waals surface area contributed by atoms with Crippen LogP contribution in [0.15, 0.2) is 90.3 Å². The Hall–Kier alpha value is -3.90. The second-order valence-electron chi connectivity index (χ2n) is 8.24. The normalized spacial score (nSPS) is 18.8. The van der Waals surface area contributed by atoms with E-state index in [1.165, 1.54) is 11.3 Å². The second kappa shape index (κ2) is 8.80. The molecule has 170 valence electrons. The molecule has 5 rings (SSSR count). The lowest BCUT2D eigenvalue weighted by Gasteiger charge is -2.24. The first kappa shape index (κ1) is 21.9. The molecular weight excluding hydrogens is 448 g/mol. The Morgan fingerprint density at radius 1 is 1.00 bits per heavy atom. The number of ether oxygens (including phenoxy) is 2. The maximum absolute atomic E-state index is 13.6. The van der Waals surface area contributed by atoms with Gasteiger partial charge in [0.1, 0.15) is 16.4 Å². The summed E-state index contributed by atoms with van der Waals surface area (Å²) in [5.41, 5.74) is 1.83. The van der Waals surface area contributed by atoms with Gasteiger partial charge in [-0.15, -0.1) is 11.3 Å². The highest BCUT2D eigenvalue weighted by molar-refractivity contribution is 7.21. The number of methoxy groups -OCH3 is 1. The number of carbonyl (C=O) groups is 2. The largest absolute Gasteiger partial charge is 0.497 e. The Bertz CT molecular complexity index is 1440. The molecule has 34 heavy (non-hydrogen) atoms. The van der Waals surface area contributed by atoms with E-state index in [0.29, 0.717) is 27.7 Å².